The van der Waals surface area contributed by atoms with Gasteiger partial charge >= 0.3 is 20.9 Å². The van der Waals surface area contributed by atoms with Gasteiger partial charge in [0.2, 0.25) is 0 Å². The largest absolute Gasteiger partial charge is 0.426 e. The minimum absolute atomic E-state index is 0.0628. The van der Waals surface area contributed by atoms with Crippen molar-refractivity contribution in [3.63, 3.8) is 0 Å². The summed E-state index contributed by atoms with van der Waals surface area (Å²) >= 11 is 0. The maximum absolute atomic E-state index is 12.9. The minimum atomic E-state index is -5.76. The second-order valence-corrected chi connectivity index (χ2v) is 10.7. The highest BCUT2D eigenvalue weighted by atomic mass is 28.4. The Labute approximate surface area is 137 Å². The van der Waals surface area contributed by atoms with Crippen molar-refractivity contribution in [3.8, 4) is 0 Å². The van der Waals surface area contributed by atoms with Gasteiger partial charge in [0, 0.05) is 19.8 Å². The molecule has 4 atom stereocenters. The highest BCUT2D eigenvalue weighted by Crippen LogP contribution is 2.61. The van der Waals surface area contributed by atoms with Gasteiger partial charge in [0.1, 0.15) is 0 Å². The van der Waals surface area contributed by atoms with Gasteiger partial charge in [-0.15, -0.1) is 0 Å². The van der Waals surface area contributed by atoms with E-state index < -0.39 is 38.9 Å². The Morgan fingerprint density at radius 1 is 0.958 bits per heavy atom. The summed E-state index contributed by atoms with van der Waals surface area (Å²) in [6, 6.07) is 0. The van der Waals surface area contributed by atoms with Gasteiger partial charge in [-0.05, 0) is 50.0 Å². The predicted molar refractivity (Wildman–Crippen MR) is 75.4 cm³/mol. The zero-order valence-corrected chi connectivity index (χ0v) is 14.7. The molecule has 2 bridgehead atoms. The SMILES string of the molecule is CO[Si](C)(OC)C1CC2CC(CC(O)(C(F)(F)F)C(F)(F)F)C1C2. The third kappa shape index (κ3) is 3.10. The molecule has 0 amide bonds. The molecular weight excluding hydrogens is 358 g/mol. The third-order valence-corrected chi connectivity index (χ3v) is 9.56. The Balaban J connectivity index is 2.25. The molecule has 1 N–H and O–H groups in total. The van der Waals surface area contributed by atoms with Crippen LogP contribution in [-0.4, -0.2) is 45.8 Å². The zero-order valence-electron chi connectivity index (χ0n) is 13.7. The fourth-order valence-electron chi connectivity index (χ4n) is 4.49. The van der Waals surface area contributed by atoms with E-state index in [2.05, 4.69) is 0 Å². The van der Waals surface area contributed by atoms with E-state index in [0.29, 0.717) is 12.8 Å². The Morgan fingerprint density at radius 2 is 1.46 bits per heavy atom. The van der Waals surface area contributed by atoms with Crippen LogP contribution in [-0.2, 0) is 8.85 Å². The molecule has 10 heteroatoms. The van der Waals surface area contributed by atoms with Gasteiger partial charge in [-0.2, -0.15) is 26.3 Å². The summed E-state index contributed by atoms with van der Waals surface area (Å²) in [5.74, 6) is -1.13. The number of fused-ring (bicyclic) bond motifs is 2. The van der Waals surface area contributed by atoms with Crippen LogP contribution in [0.2, 0.25) is 12.1 Å². The first-order valence-corrected chi connectivity index (χ1v) is 10.1. The summed E-state index contributed by atoms with van der Waals surface area (Å²) in [5, 5.41) is 9.48. The first-order chi connectivity index (χ1) is 10.8. The molecular formula is C14H22F6O3Si. The molecule has 2 fully saturated rings. The molecule has 0 heterocycles. The lowest BCUT2D eigenvalue weighted by molar-refractivity contribution is -0.373. The first kappa shape index (κ1) is 20.0. The van der Waals surface area contributed by atoms with Crippen molar-refractivity contribution in [3.05, 3.63) is 0 Å². The maximum atomic E-state index is 12.9. The van der Waals surface area contributed by atoms with Crippen LogP contribution < -0.4 is 0 Å². The standard InChI is InChI=1S/C14H22F6O3Si/c1-22-24(3,23-2)11-6-8-4-9(10(11)5-8)7-12(21,13(15,16)17)14(18,19)20/h8-11,21H,4-7H2,1-3H3. The Bertz CT molecular complexity index is 448. The minimum Gasteiger partial charge on any atom is -0.398 e. The summed E-state index contributed by atoms with van der Waals surface area (Å²) in [4.78, 5) is 0. The zero-order chi connectivity index (χ0) is 18.6. The fraction of sp³-hybridized carbons (Fsp3) is 1.00. The Kier molecular flexibility index (Phi) is 5.11. The van der Waals surface area contributed by atoms with Crippen molar-refractivity contribution in [1.29, 1.82) is 0 Å². The molecule has 0 spiro atoms. The van der Waals surface area contributed by atoms with Crippen molar-refractivity contribution in [1.82, 2.24) is 0 Å². The monoisotopic (exact) mass is 380 g/mol. The van der Waals surface area contributed by atoms with E-state index >= 15 is 0 Å². The van der Waals surface area contributed by atoms with Gasteiger partial charge < -0.3 is 14.0 Å². The van der Waals surface area contributed by atoms with Crippen LogP contribution in [0, 0.1) is 17.8 Å². The molecule has 0 aromatic heterocycles. The van der Waals surface area contributed by atoms with E-state index in [1.165, 1.54) is 14.2 Å². The Morgan fingerprint density at radius 3 is 1.83 bits per heavy atom. The number of aliphatic hydroxyl groups is 1. The number of halogens is 6. The average molecular weight is 380 g/mol. The van der Waals surface area contributed by atoms with Gasteiger partial charge in [0.05, 0.1) is 0 Å². The number of rotatable bonds is 5. The van der Waals surface area contributed by atoms with Crippen LogP contribution >= 0.6 is 0 Å². The van der Waals surface area contributed by atoms with Crippen molar-refractivity contribution in [2.24, 2.45) is 17.8 Å². The predicted octanol–water partition coefficient (Wildman–Crippen LogP) is 4.01. The highest BCUT2D eigenvalue weighted by Gasteiger charge is 2.71. The van der Waals surface area contributed by atoms with Gasteiger partial charge in [0.15, 0.2) is 0 Å². The van der Waals surface area contributed by atoms with Crippen molar-refractivity contribution >= 4 is 8.56 Å². The van der Waals surface area contributed by atoms with E-state index in [1.54, 1.807) is 6.55 Å². The summed E-state index contributed by atoms with van der Waals surface area (Å²) in [6.45, 7) is 1.77. The van der Waals surface area contributed by atoms with Crippen LogP contribution in [0.25, 0.3) is 0 Å². The average Bonchev–Trinajstić information content (AvgIpc) is 3.04. The second kappa shape index (κ2) is 6.13. The summed E-state index contributed by atoms with van der Waals surface area (Å²) in [5.41, 5.74) is -4.83. The molecule has 3 nitrogen and oxygen atoms in total. The van der Waals surface area contributed by atoms with Crippen LogP contribution in [0.15, 0.2) is 0 Å². The number of hydrogen-bond donors (Lipinski definition) is 1. The highest BCUT2D eigenvalue weighted by molar-refractivity contribution is 6.67. The van der Waals surface area contributed by atoms with Crippen LogP contribution in [0.4, 0.5) is 26.3 Å². The first-order valence-electron chi connectivity index (χ1n) is 7.75. The summed E-state index contributed by atoms with van der Waals surface area (Å²) in [7, 11) is 0.243. The smallest absolute Gasteiger partial charge is 0.398 e. The molecule has 2 rings (SSSR count). The van der Waals surface area contributed by atoms with Crippen LogP contribution in [0.1, 0.15) is 25.7 Å². The van der Waals surface area contributed by atoms with Crippen LogP contribution in [0.5, 0.6) is 0 Å². The molecule has 2 aliphatic carbocycles. The topological polar surface area (TPSA) is 38.7 Å². The number of alkyl halides is 6. The van der Waals surface area contributed by atoms with Crippen molar-refractivity contribution in [2.45, 2.75) is 55.7 Å². The lowest BCUT2D eigenvalue weighted by Gasteiger charge is -2.41. The van der Waals surface area contributed by atoms with E-state index in [-0.39, 0.29) is 23.8 Å². The molecule has 0 saturated heterocycles. The Hall–Kier alpha value is -0.323. The molecule has 2 saturated carbocycles. The maximum Gasteiger partial charge on any atom is 0.426 e. The quantitative estimate of drug-likeness (QED) is 0.579. The van der Waals surface area contributed by atoms with Crippen molar-refractivity contribution < 1.29 is 40.3 Å². The molecule has 0 aromatic rings. The molecule has 142 valence electrons. The molecule has 0 aromatic carbocycles. The van der Waals surface area contributed by atoms with E-state index in [0.717, 1.165) is 0 Å². The van der Waals surface area contributed by atoms with Gasteiger partial charge in [-0.1, -0.05) is 0 Å². The van der Waals surface area contributed by atoms with Crippen LogP contribution in [0.3, 0.4) is 0 Å². The van der Waals surface area contributed by atoms with E-state index in [1.807, 2.05) is 0 Å². The molecule has 0 radical (unpaired) electrons. The molecule has 4 unspecified atom stereocenters. The van der Waals surface area contributed by atoms with Gasteiger partial charge in [-0.25, -0.2) is 0 Å². The normalized spacial score (nSPS) is 31.8. The van der Waals surface area contributed by atoms with Crippen molar-refractivity contribution in [2.75, 3.05) is 14.2 Å². The molecule has 0 aliphatic heterocycles. The lowest BCUT2D eigenvalue weighted by Crippen LogP contribution is -2.58. The van der Waals surface area contributed by atoms with E-state index in [4.69, 9.17) is 8.85 Å². The molecule has 24 heavy (non-hydrogen) atoms. The summed E-state index contributed by atoms with van der Waals surface area (Å²) in [6.07, 6.45) is -11.3. The fourth-order valence-corrected chi connectivity index (χ4v) is 7.21. The number of hydrogen-bond acceptors (Lipinski definition) is 3. The van der Waals surface area contributed by atoms with Gasteiger partial charge in [0.25, 0.3) is 5.60 Å². The third-order valence-electron chi connectivity index (χ3n) is 5.93. The van der Waals surface area contributed by atoms with E-state index in [9.17, 15) is 31.4 Å². The second-order valence-electron chi connectivity index (χ2n) is 7.09. The lowest BCUT2D eigenvalue weighted by atomic mass is 9.79. The summed E-state index contributed by atoms with van der Waals surface area (Å²) < 4.78 is 88.6. The van der Waals surface area contributed by atoms with Gasteiger partial charge in [-0.3, -0.25) is 0 Å². The molecule has 2 aliphatic rings.